The molecular formula is C19H30N6. The van der Waals surface area contributed by atoms with Crippen molar-refractivity contribution in [1.82, 2.24) is 15.0 Å². The topological polar surface area (TPSA) is 101 Å². The summed E-state index contributed by atoms with van der Waals surface area (Å²) in [6.45, 7) is 11.9. The van der Waals surface area contributed by atoms with E-state index < -0.39 is 0 Å². The van der Waals surface area contributed by atoms with Gasteiger partial charge in [-0.15, -0.1) is 0 Å². The zero-order valence-electron chi connectivity index (χ0n) is 16.4. The number of hydrogen-bond acceptors (Lipinski definition) is 6. The fraction of sp³-hybridized carbons (Fsp3) is 0.474. The third-order valence-electron chi connectivity index (χ3n) is 3.69. The molecule has 0 saturated carbocycles. The molecule has 0 aliphatic rings. The van der Waals surface area contributed by atoms with Gasteiger partial charge in [-0.1, -0.05) is 34.6 Å². The Morgan fingerprint density at radius 3 is 2.32 bits per heavy atom. The van der Waals surface area contributed by atoms with E-state index in [1.807, 2.05) is 40.0 Å². The first-order valence-electron chi connectivity index (χ1n) is 8.80. The SMILES string of the molecule is CC.CCc1nc(N)c(C(C)=N)nc1-c1ccc(C(C)C)nc1NC. The molecule has 2 rings (SSSR count). The van der Waals surface area contributed by atoms with Gasteiger partial charge in [0.25, 0.3) is 0 Å². The molecule has 0 aliphatic carbocycles. The molecule has 25 heavy (non-hydrogen) atoms. The van der Waals surface area contributed by atoms with Gasteiger partial charge >= 0.3 is 0 Å². The molecule has 0 unspecified atom stereocenters. The van der Waals surface area contributed by atoms with Crippen molar-refractivity contribution in [2.75, 3.05) is 18.1 Å². The standard InChI is InChI=1S/C17H24N6.C2H6/c1-6-12-15(23-14(10(4)18)16(19)21-12)11-7-8-13(9(2)3)22-17(11)20-5;1-2/h7-9,18H,6H2,1-5H3,(H2,19,21)(H,20,22);1-2H3. The van der Waals surface area contributed by atoms with Gasteiger partial charge in [0, 0.05) is 18.3 Å². The summed E-state index contributed by atoms with van der Waals surface area (Å²) in [5.74, 6) is 1.41. The molecule has 2 aromatic heterocycles. The van der Waals surface area contributed by atoms with E-state index in [-0.39, 0.29) is 0 Å². The summed E-state index contributed by atoms with van der Waals surface area (Å²) in [6, 6.07) is 4.02. The third kappa shape index (κ3) is 4.53. The van der Waals surface area contributed by atoms with Crippen molar-refractivity contribution in [2.24, 2.45) is 0 Å². The summed E-state index contributed by atoms with van der Waals surface area (Å²) in [5, 5.41) is 11.0. The fourth-order valence-corrected chi connectivity index (χ4v) is 2.40. The summed E-state index contributed by atoms with van der Waals surface area (Å²) in [6.07, 6.45) is 0.707. The number of nitrogen functional groups attached to an aromatic ring is 1. The highest BCUT2D eigenvalue weighted by Gasteiger charge is 2.17. The van der Waals surface area contributed by atoms with Gasteiger partial charge in [-0.25, -0.2) is 15.0 Å². The van der Waals surface area contributed by atoms with Crippen molar-refractivity contribution in [2.45, 2.75) is 53.9 Å². The van der Waals surface area contributed by atoms with Crippen LogP contribution >= 0.6 is 0 Å². The normalized spacial score (nSPS) is 10.2. The Hall–Kier alpha value is -2.50. The monoisotopic (exact) mass is 342 g/mol. The highest BCUT2D eigenvalue weighted by atomic mass is 15.0. The number of nitrogens with two attached hydrogens (primary N) is 1. The Kier molecular flexibility index (Phi) is 7.48. The van der Waals surface area contributed by atoms with Gasteiger partial charge in [-0.3, -0.25) is 0 Å². The molecule has 0 bridgehead atoms. The van der Waals surface area contributed by atoms with Crippen LogP contribution in [0.2, 0.25) is 0 Å². The zero-order valence-corrected chi connectivity index (χ0v) is 16.4. The number of hydrogen-bond donors (Lipinski definition) is 3. The number of aromatic nitrogens is 3. The van der Waals surface area contributed by atoms with Crippen LogP contribution in [0, 0.1) is 5.41 Å². The highest BCUT2D eigenvalue weighted by Crippen LogP contribution is 2.30. The number of nitrogens with zero attached hydrogens (tertiary/aromatic N) is 3. The Bertz CT molecular complexity index is 737. The summed E-state index contributed by atoms with van der Waals surface area (Å²) in [7, 11) is 1.84. The van der Waals surface area contributed by atoms with Crippen molar-refractivity contribution in [3.63, 3.8) is 0 Å². The Morgan fingerprint density at radius 2 is 1.84 bits per heavy atom. The molecule has 6 nitrogen and oxygen atoms in total. The molecule has 0 saturated heterocycles. The predicted octanol–water partition coefficient (Wildman–Crippen LogP) is 4.26. The smallest absolute Gasteiger partial charge is 0.151 e. The fourth-order valence-electron chi connectivity index (χ4n) is 2.40. The number of rotatable bonds is 5. The van der Waals surface area contributed by atoms with Crippen LogP contribution in [0.1, 0.15) is 64.5 Å². The third-order valence-corrected chi connectivity index (χ3v) is 3.69. The second-order valence-corrected chi connectivity index (χ2v) is 5.77. The van der Waals surface area contributed by atoms with Gasteiger partial charge in [0.15, 0.2) is 5.82 Å². The molecule has 2 heterocycles. The maximum atomic E-state index is 7.84. The molecule has 2 aromatic rings. The van der Waals surface area contributed by atoms with E-state index in [0.29, 0.717) is 29.6 Å². The van der Waals surface area contributed by atoms with Crippen LogP contribution in [0.15, 0.2) is 12.1 Å². The predicted molar refractivity (Wildman–Crippen MR) is 107 cm³/mol. The van der Waals surface area contributed by atoms with E-state index in [2.05, 4.69) is 34.1 Å². The van der Waals surface area contributed by atoms with E-state index in [4.69, 9.17) is 11.1 Å². The maximum Gasteiger partial charge on any atom is 0.151 e. The first kappa shape index (κ1) is 20.5. The van der Waals surface area contributed by atoms with Crippen molar-refractivity contribution >= 4 is 17.3 Å². The van der Waals surface area contributed by atoms with Crippen LogP contribution in [0.25, 0.3) is 11.3 Å². The minimum Gasteiger partial charge on any atom is -0.382 e. The van der Waals surface area contributed by atoms with Gasteiger partial charge in [0.1, 0.15) is 11.5 Å². The second kappa shape index (κ2) is 9.11. The molecule has 0 fully saturated rings. The average molecular weight is 342 g/mol. The summed E-state index contributed by atoms with van der Waals surface area (Å²) < 4.78 is 0. The minimum atomic E-state index is 0.302. The van der Waals surface area contributed by atoms with Crippen molar-refractivity contribution in [3.05, 3.63) is 29.2 Å². The van der Waals surface area contributed by atoms with Crippen molar-refractivity contribution < 1.29 is 0 Å². The first-order valence-corrected chi connectivity index (χ1v) is 8.80. The quantitative estimate of drug-likeness (QED) is 0.705. The highest BCUT2D eigenvalue weighted by molar-refractivity contribution is 5.99. The zero-order chi connectivity index (χ0) is 19.1. The second-order valence-electron chi connectivity index (χ2n) is 5.77. The van der Waals surface area contributed by atoms with Crippen LogP contribution in [0.3, 0.4) is 0 Å². The minimum absolute atomic E-state index is 0.302. The van der Waals surface area contributed by atoms with E-state index in [9.17, 15) is 0 Å². The summed E-state index contributed by atoms with van der Waals surface area (Å²) >= 11 is 0. The average Bonchev–Trinajstić information content (AvgIpc) is 2.62. The lowest BCUT2D eigenvalue weighted by Gasteiger charge is -2.15. The van der Waals surface area contributed by atoms with Gasteiger partial charge < -0.3 is 16.5 Å². The maximum absolute atomic E-state index is 7.84. The number of anilines is 2. The van der Waals surface area contributed by atoms with Crippen molar-refractivity contribution in [3.8, 4) is 11.3 Å². The van der Waals surface area contributed by atoms with Crippen molar-refractivity contribution in [1.29, 1.82) is 5.41 Å². The first-order chi connectivity index (χ1) is 11.9. The molecule has 0 spiro atoms. The summed E-state index contributed by atoms with van der Waals surface area (Å²) in [4.78, 5) is 13.7. The van der Waals surface area contributed by atoms with E-state index in [1.54, 1.807) is 6.92 Å². The van der Waals surface area contributed by atoms with E-state index in [1.165, 1.54) is 0 Å². The lowest BCUT2D eigenvalue weighted by molar-refractivity contribution is 0.824. The lowest BCUT2D eigenvalue weighted by Crippen LogP contribution is -2.11. The van der Waals surface area contributed by atoms with Gasteiger partial charge in [-0.2, -0.15) is 0 Å². The molecule has 0 aliphatic heterocycles. The van der Waals surface area contributed by atoms with E-state index >= 15 is 0 Å². The van der Waals surface area contributed by atoms with Gasteiger partial charge in [0.05, 0.1) is 17.1 Å². The number of nitrogens with one attached hydrogen (secondary N) is 2. The summed E-state index contributed by atoms with van der Waals surface area (Å²) in [5.41, 5.74) is 10.1. The van der Waals surface area contributed by atoms with Crippen LogP contribution in [-0.4, -0.2) is 27.7 Å². The van der Waals surface area contributed by atoms with E-state index in [0.717, 1.165) is 28.5 Å². The molecule has 0 atom stereocenters. The van der Waals surface area contributed by atoms with Crippen LogP contribution in [-0.2, 0) is 6.42 Å². The van der Waals surface area contributed by atoms with Gasteiger partial charge in [0.2, 0.25) is 0 Å². The molecule has 0 aromatic carbocycles. The lowest BCUT2D eigenvalue weighted by atomic mass is 10.0. The largest absolute Gasteiger partial charge is 0.382 e. The number of aryl methyl sites for hydroxylation is 1. The van der Waals surface area contributed by atoms with Crippen LogP contribution in [0.4, 0.5) is 11.6 Å². The molecular weight excluding hydrogens is 312 g/mol. The molecule has 4 N–H and O–H groups in total. The Morgan fingerprint density at radius 1 is 1.20 bits per heavy atom. The van der Waals surface area contributed by atoms with Gasteiger partial charge in [-0.05, 0) is 31.4 Å². The Labute approximate surface area is 150 Å². The number of pyridine rings is 1. The molecule has 0 amide bonds. The van der Waals surface area contributed by atoms with Crippen LogP contribution in [0.5, 0.6) is 0 Å². The van der Waals surface area contributed by atoms with Crippen LogP contribution < -0.4 is 11.1 Å². The molecule has 0 radical (unpaired) electrons. The molecule has 6 heteroatoms. The Balaban J connectivity index is 0.00000151. The molecule has 136 valence electrons.